The number of carbonyl (C=O) groups is 2. The molecule has 74 valence electrons. The Morgan fingerprint density at radius 3 is 2.43 bits per heavy atom. The van der Waals surface area contributed by atoms with Crippen molar-refractivity contribution in [1.82, 2.24) is 0 Å². The summed E-state index contributed by atoms with van der Waals surface area (Å²) in [6.45, 7) is 0. The van der Waals surface area contributed by atoms with E-state index in [1.54, 1.807) is 0 Å². The van der Waals surface area contributed by atoms with Gasteiger partial charge in [0, 0.05) is 5.02 Å². The summed E-state index contributed by atoms with van der Waals surface area (Å²) in [6.07, 6.45) is -1.32. The molecule has 0 unspecified atom stereocenters. The second-order valence-corrected chi connectivity index (χ2v) is 2.86. The summed E-state index contributed by atoms with van der Waals surface area (Å²) in [5.74, 6) is -1.24. The summed E-state index contributed by atoms with van der Waals surface area (Å²) in [6, 6.07) is 3.87. The zero-order valence-corrected chi connectivity index (χ0v) is 7.58. The molecule has 0 saturated carbocycles. The summed E-state index contributed by atoms with van der Waals surface area (Å²) in [5.41, 5.74) is -0.186. The van der Waals surface area contributed by atoms with E-state index >= 15 is 0 Å². The molecule has 0 spiro atoms. The number of hydrogen-bond donors (Lipinski definition) is 3. The quantitative estimate of drug-likeness (QED) is 0.705. The average Bonchev–Trinajstić information content (AvgIpc) is 2.07. The molecular weight excluding hydrogens is 210 g/mol. The molecule has 0 heterocycles. The van der Waals surface area contributed by atoms with Gasteiger partial charge in [-0.25, -0.2) is 9.59 Å². The Balaban J connectivity index is 3.14. The molecule has 0 fully saturated rings. The number of benzene rings is 1. The number of aromatic carboxylic acids is 1. The van der Waals surface area contributed by atoms with E-state index in [1.807, 2.05) is 5.32 Å². The van der Waals surface area contributed by atoms with Crippen molar-refractivity contribution in [3.8, 4) is 0 Å². The first-order chi connectivity index (χ1) is 6.50. The van der Waals surface area contributed by atoms with Crippen LogP contribution in [0, 0.1) is 0 Å². The third kappa shape index (κ3) is 2.37. The summed E-state index contributed by atoms with van der Waals surface area (Å²) in [4.78, 5) is 21.0. The van der Waals surface area contributed by atoms with E-state index in [9.17, 15) is 9.59 Å². The predicted octanol–water partition coefficient (Wildman–Crippen LogP) is 2.13. The third-order valence-electron chi connectivity index (χ3n) is 1.45. The summed E-state index contributed by atoms with van der Waals surface area (Å²) < 4.78 is 0. The fourth-order valence-electron chi connectivity index (χ4n) is 0.918. The molecule has 0 aliphatic heterocycles. The van der Waals surface area contributed by atoms with Crippen molar-refractivity contribution in [2.75, 3.05) is 5.32 Å². The molecule has 0 atom stereocenters. The van der Waals surface area contributed by atoms with E-state index in [2.05, 4.69) is 0 Å². The monoisotopic (exact) mass is 215 g/mol. The van der Waals surface area contributed by atoms with Crippen LogP contribution in [0.3, 0.4) is 0 Å². The maximum Gasteiger partial charge on any atom is 0.409 e. The zero-order valence-electron chi connectivity index (χ0n) is 6.82. The van der Waals surface area contributed by atoms with Gasteiger partial charge in [0.2, 0.25) is 0 Å². The molecule has 3 N–H and O–H groups in total. The van der Waals surface area contributed by atoms with Gasteiger partial charge in [-0.15, -0.1) is 0 Å². The lowest BCUT2D eigenvalue weighted by Crippen LogP contribution is -2.11. The Morgan fingerprint density at radius 2 is 1.93 bits per heavy atom. The van der Waals surface area contributed by atoms with Crippen LogP contribution in [-0.2, 0) is 0 Å². The lowest BCUT2D eigenvalue weighted by Gasteiger charge is -2.05. The standard InChI is InChI=1S/C8H6ClNO4/c9-4-1-2-6(10-8(13)14)5(3-4)7(11)12/h1-3,10H,(H,11,12)(H,13,14). The second kappa shape index (κ2) is 3.97. The Bertz CT molecular complexity index is 391. The lowest BCUT2D eigenvalue weighted by molar-refractivity contribution is 0.0698. The number of nitrogens with one attached hydrogen (secondary N) is 1. The minimum Gasteiger partial charge on any atom is -0.478 e. The van der Waals surface area contributed by atoms with Crippen molar-refractivity contribution in [1.29, 1.82) is 0 Å². The number of rotatable bonds is 2. The van der Waals surface area contributed by atoms with Gasteiger partial charge in [-0.05, 0) is 18.2 Å². The molecule has 0 aromatic heterocycles. The van der Waals surface area contributed by atoms with Gasteiger partial charge >= 0.3 is 12.1 Å². The molecule has 0 aliphatic carbocycles. The van der Waals surface area contributed by atoms with Gasteiger partial charge in [-0.3, -0.25) is 5.32 Å². The van der Waals surface area contributed by atoms with Crippen molar-refractivity contribution in [2.24, 2.45) is 0 Å². The van der Waals surface area contributed by atoms with Crippen LogP contribution < -0.4 is 5.32 Å². The Kier molecular flexibility index (Phi) is 2.93. The summed E-state index contributed by atoms with van der Waals surface area (Å²) >= 11 is 5.56. The first-order valence-electron chi connectivity index (χ1n) is 3.53. The maximum absolute atomic E-state index is 10.7. The number of amides is 1. The number of carboxylic acid groups (broad SMARTS) is 2. The molecule has 1 rings (SSSR count). The molecule has 5 nitrogen and oxygen atoms in total. The van der Waals surface area contributed by atoms with E-state index in [4.69, 9.17) is 21.8 Å². The van der Waals surface area contributed by atoms with E-state index in [0.717, 1.165) is 0 Å². The molecule has 1 amide bonds. The third-order valence-corrected chi connectivity index (χ3v) is 1.69. The van der Waals surface area contributed by atoms with Crippen LogP contribution >= 0.6 is 11.6 Å². The molecule has 0 bridgehead atoms. The van der Waals surface area contributed by atoms with E-state index in [1.165, 1.54) is 18.2 Å². The van der Waals surface area contributed by atoms with E-state index in [0.29, 0.717) is 0 Å². The molecule has 6 heteroatoms. The van der Waals surface area contributed by atoms with Gasteiger partial charge in [0.05, 0.1) is 11.3 Å². The van der Waals surface area contributed by atoms with Crippen molar-refractivity contribution in [2.45, 2.75) is 0 Å². The molecule has 14 heavy (non-hydrogen) atoms. The van der Waals surface area contributed by atoms with Crippen LogP contribution in [0.1, 0.15) is 10.4 Å². The largest absolute Gasteiger partial charge is 0.478 e. The van der Waals surface area contributed by atoms with Gasteiger partial charge in [-0.2, -0.15) is 0 Å². The molecule has 0 aliphatic rings. The highest BCUT2D eigenvalue weighted by molar-refractivity contribution is 6.31. The van der Waals surface area contributed by atoms with Crippen LogP contribution in [0.5, 0.6) is 0 Å². The topological polar surface area (TPSA) is 86.6 Å². The molecular formula is C8H6ClNO4. The lowest BCUT2D eigenvalue weighted by atomic mass is 10.2. The number of halogens is 1. The minimum absolute atomic E-state index is 0.00519. The highest BCUT2D eigenvalue weighted by Crippen LogP contribution is 2.20. The average molecular weight is 216 g/mol. The highest BCUT2D eigenvalue weighted by Gasteiger charge is 2.11. The summed E-state index contributed by atoms with van der Waals surface area (Å²) in [5, 5.41) is 19.3. The normalized spacial score (nSPS) is 9.50. The fraction of sp³-hybridized carbons (Fsp3) is 0. The van der Waals surface area contributed by atoms with Crippen LogP contribution in [0.2, 0.25) is 5.02 Å². The van der Waals surface area contributed by atoms with Gasteiger partial charge < -0.3 is 10.2 Å². The van der Waals surface area contributed by atoms with E-state index < -0.39 is 12.1 Å². The Morgan fingerprint density at radius 1 is 1.29 bits per heavy atom. The van der Waals surface area contributed by atoms with Crippen molar-refractivity contribution in [3.63, 3.8) is 0 Å². The fourth-order valence-corrected chi connectivity index (χ4v) is 1.09. The van der Waals surface area contributed by atoms with Gasteiger partial charge in [0.1, 0.15) is 0 Å². The molecule has 0 saturated heterocycles. The number of anilines is 1. The second-order valence-electron chi connectivity index (χ2n) is 2.43. The first kappa shape index (κ1) is 10.3. The van der Waals surface area contributed by atoms with Crippen LogP contribution in [0.4, 0.5) is 10.5 Å². The van der Waals surface area contributed by atoms with Crippen molar-refractivity contribution in [3.05, 3.63) is 28.8 Å². The van der Waals surface area contributed by atoms with E-state index in [-0.39, 0.29) is 16.3 Å². The minimum atomic E-state index is -1.32. The van der Waals surface area contributed by atoms with Gasteiger partial charge in [0.15, 0.2) is 0 Å². The number of carboxylic acids is 1. The molecule has 1 aromatic rings. The van der Waals surface area contributed by atoms with Gasteiger partial charge in [-0.1, -0.05) is 11.6 Å². The predicted molar refractivity (Wildman–Crippen MR) is 50.1 cm³/mol. The van der Waals surface area contributed by atoms with Crippen LogP contribution in [-0.4, -0.2) is 22.3 Å². The van der Waals surface area contributed by atoms with Gasteiger partial charge in [0.25, 0.3) is 0 Å². The SMILES string of the molecule is O=C(O)Nc1ccc(Cl)cc1C(=O)O. The molecule has 1 aromatic carbocycles. The Labute approximate surface area is 83.9 Å². The summed E-state index contributed by atoms with van der Waals surface area (Å²) in [7, 11) is 0. The van der Waals surface area contributed by atoms with Crippen LogP contribution in [0.15, 0.2) is 18.2 Å². The van der Waals surface area contributed by atoms with Crippen molar-refractivity contribution < 1.29 is 19.8 Å². The van der Waals surface area contributed by atoms with Crippen LogP contribution in [0.25, 0.3) is 0 Å². The highest BCUT2D eigenvalue weighted by atomic mass is 35.5. The zero-order chi connectivity index (χ0) is 10.7. The maximum atomic E-state index is 10.7. The van der Waals surface area contributed by atoms with Crippen molar-refractivity contribution >= 4 is 29.4 Å². The molecule has 0 radical (unpaired) electrons. The number of hydrogen-bond acceptors (Lipinski definition) is 2. The smallest absolute Gasteiger partial charge is 0.409 e. The Hall–Kier alpha value is -1.75. The first-order valence-corrected chi connectivity index (χ1v) is 3.91.